The van der Waals surface area contributed by atoms with Crippen molar-refractivity contribution in [2.45, 2.75) is 13.2 Å². The Morgan fingerprint density at radius 1 is 1.05 bits per heavy atom. The highest BCUT2D eigenvalue weighted by atomic mass is 79.9. The Balaban J connectivity index is 2.19. The number of rotatable bonds is 5. The number of ether oxygens (including phenoxy) is 2. The normalized spacial score (nSPS) is 10.3. The SMILES string of the molecule is COc1cc(CO)cc(OCc2ccccc2)c1Br. The fourth-order valence-corrected chi connectivity index (χ4v) is 2.21. The van der Waals surface area contributed by atoms with Crippen molar-refractivity contribution in [2.24, 2.45) is 0 Å². The van der Waals surface area contributed by atoms with Gasteiger partial charge in [0.05, 0.1) is 13.7 Å². The van der Waals surface area contributed by atoms with E-state index in [-0.39, 0.29) is 6.61 Å². The number of hydrogen-bond acceptors (Lipinski definition) is 3. The number of aliphatic hydroxyl groups is 1. The van der Waals surface area contributed by atoms with Crippen molar-refractivity contribution in [1.29, 1.82) is 0 Å². The summed E-state index contributed by atoms with van der Waals surface area (Å²) in [6.45, 7) is 0.419. The van der Waals surface area contributed by atoms with Gasteiger partial charge in [-0.1, -0.05) is 30.3 Å². The maximum absolute atomic E-state index is 9.23. The van der Waals surface area contributed by atoms with Gasteiger partial charge in [0.15, 0.2) is 0 Å². The summed E-state index contributed by atoms with van der Waals surface area (Å²) in [6, 6.07) is 13.5. The monoisotopic (exact) mass is 322 g/mol. The standard InChI is InChI=1S/C15H15BrO3/c1-18-13-7-12(9-17)8-14(15(13)16)19-10-11-5-3-2-4-6-11/h2-8,17H,9-10H2,1H3. The Morgan fingerprint density at radius 2 is 1.74 bits per heavy atom. The lowest BCUT2D eigenvalue weighted by atomic mass is 10.2. The van der Waals surface area contributed by atoms with Crippen molar-refractivity contribution in [3.8, 4) is 11.5 Å². The van der Waals surface area contributed by atoms with Crippen LogP contribution in [-0.4, -0.2) is 12.2 Å². The van der Waals surface area contributed by atoms with E-state index in [1.165, 1.54) is 0 Å². The Hall–Kier alpha value is -1.52. The van der Waals surface area contributed by atoms with Crippen molar-refractivity contribution < 1.29 is 14.6 Å². The van der Waals surface area contributed by atoms with Gasteiger partial charge in [0, 0.05) is 0 Å². The number of benzene rings is 2. The van der Waals surface area contributed by atoms with Crippen molar-refractivity contribution >= 4 is 15.9 Å². The molecule has 0 aliphatic carbocycles. The van der Waals surface area contributed by atoms with E-state index in [2.05, 4.69) is 15.9 Å². The van der Waals surface area contributed by atoms with Gasteiger partial charge >= 0.3 is 0 Å². The molecule has 1 N–H and O–H groups in total. The minimum Gasteiger partial charge on any atom is -0.495 e. The maximum atomic E-state index is 9.23. The second kappa shape index (κ2) is 6.59. The zero-order valence-electron chi connectivity index (χ0n) is 10.6. The van der Waals surface area contributed by atoms with Crippen LogP contribution in [0.4, 0.5) is 0 Å². The van der Waals surface area contributed by atoms with Crippen LogP contribution < -0.4 is 9.47 Å². The minimum absolute atomic E-state index is 0.0503. The van der Waals surface area contributed by atoms with Crippen LogP contribution in [0.25, 0.3) is 0 Å². The lowest BCUT2D eigenvalue weighted by molar-refractivity contribution is 0.275. The van der Waals surface area contributed by atoms with Crippen molar-refractivity contribution in [2.75, 3.05) is 7.11 Å². The molecule has 100 valence electrons. The van der Waals surface area contributed by atoms with Crippen molar-refractivity contribution in [3.05, 3.63) is 58.1 Å². The Bertz CT molecular complexity index is 541. The minimum atomic E-state index is -0.0503. The molecule has 19 heavy (non-hydrogen) atoms. The van der Waals surface area contributed by atoms with E-state index in [1.807, 2.05) is 30.3 Å². The van der Waals surface area contributed by atoms with Gasteiger partial charge in [0.2, 0.25) is 0 Å². The number of methoxy groups -OCH3 is 1. The molecule has 0 aliphatic rings. The third-order valence-electron chi connectivity index (χ3n) is 2.71. The lowest BCUT2D eigenvalue weighted by Gasteiger charge is -2.13. The molecule has 0 aromatic heterocycles. The van der Waals surface area contributed by atoms with E-state index in [9.17, 15) is 5.11 Å². The lowest BCUT2D eigenvalue weighted by Crippen LogP contribution is -1.98. The molecule has 0 saturated heterocycles. The summed E-state index contributed by atoms with van der Waals surface area (Å²) in [6.07, 6.45) is 0. The quantitative estimate of drug-likeness (QED) is 0.915. The van der Waals surface area contributed by atoms with Crippen LogP contribution >= 0.6 is 15.9 Å². The summed E-state index contributed by atoms with van der Waals surface area (Å²) in [5.41, 5.74) is 1.84. The van der Waals surface area contributed by atoms with Crippen LogP contribution in [0.15, 0.2) is 46.9 Å². The first-order chi connectivity index (χ1) is 9.24. The third kappa shape index (κ3) is 3.49. The number of hydrogen-bond donors (Lipinski definition) is 1. The molecule has 0 saturated carbocycles. The molecule has 2 rings (SSSR count). The number of aliphatic hydroxyl groups excluding tert-OH is 1. The molecular weight excluding hydrogens is 308 g/mol. The Labute approximate surface area is 120 Å². The molecule has 0 amide bonds. The molecule has 2 aromatic carbocycles. The molecule has 0 radical (unpaired) electrons. The first kappa shape index (κ1) is 13.9. The molecule has 0 unspecified atom stereocenters. The van der Waals surface area contributed by atoms with E-state index in [1.54, 1.807) is 19.2 Å². The fraction of sp³-hybridized carbons (Fsp3) is 0.200. The second-order valence-electron chi connectivity index (χ2n) is 4.04. The summed E-state index contributed by atoms with van der Waals surface area (Å²) < 4.78 is 11.8. The van der Waals surface area contributed by atoms with Gasteiger partial charge in [-0.25, -0.2) is 0 Å². The van der Waals surface area contributed by atoms with Gasteiger partial charge in [-0.05, 0) is 39.2 Å². The van der Waals surface area contributed by atoms with Crippen LogP contribution in [0.3, 0.4) is 0 Å². The van der Waals surface area contributed by atoms with Crippen LogP contribution in [0.5, 0.6) is 11.5 Å². The molecule has 0 spiro atoms. The highest BCUT2D eigenvalue weighted by molar-refractivity contribution is 9.10. The van der Waals surface area contributed by atoms with E-state index in [4.69, 9.17) is 9.47 Å². The second-order valence-corrected chi connectivity index (χ2v) is 4.84. The molecule has 4 heteroatoms. The van der Waals surface area contributed by atoms with Crippen LogP contribution in [-0.2, 0) is 13.2 Å². The van der Waals surface area contributed by atoms with E-state index in [0.717, 1.165) is 15.6 Å². The largest absolute Gasteiger partial charge is 0.495 e. The van der Waals surface area contributed by atoms with Crippen molar-refractivity contribution in [1.82, 2.24) is 0 Å². The van der Waals surface area contributed by atoms with Crippen LogP contribution in [0.1, 0.15) is 11.1 Å². The van der Waals surface area contributed by atoms with Gasteiger partial charge < -0.3 is 14.6 Å². The predicted octanol–water partition coefficient (Wildman–Crippen LogP) is 3.53. The molecular formula is C15H15BrO3. The summed E-state index contributed by atoms with van der Waals surface area (Å²) >= 11 is 3.45. The molecule has 2 aromatic rings. The molecule has 0 fully saturated rings. The fourth-order valence-electron chi connectivity index (χ4n) is 1.71. The van der Waals surface area contributed by atoms with E-state index in [0.29, 0.717) is 18.1 Å². The zero-order valence-corrected chi connectivity index (χ0v) is 12.2. The topological polar surface area (TPSA) is 38.7 Å². The zero-order chi connectivity index (χ0) is 13.7. The molecule has 0 atom stereocenters. The smallest absolute Gasteiger partial charge is 0.138 e. The molecule has 0 heterocycles. The average Bonchev–Trinajstić information content (AvgIpc) is 2.47. The highest BCUT2D eigenvalue weighted by Gasteiger charge is 2.10. The maximum Gasteiger partial charge on any atom is 0.138 e. The van der Waals surface area contributed by atoms with Crippen LogP contribution in [0, 0.1) is 0 Å². The molecule has 0 bridgehead atoms. The van der Waals surface area contributed by atoms with Gasteiger partial charge in [-0.3, -0.25) is 0 Å². The highest BCUT2D eigenvalue weighted by Crippen LogP contribution is 2.36. The van der Waals surface area contributed by atoms with Crippen molar-refractivity contribution in [3.63, 3.8) is 0 Å². The van der Waals surface area contributed by atoms with Gasteiger partial charge in [-0.15, -0.1) is 0 Å². The van der Waals surface area contributed by atoms with Gasteiger partial charge in [0.25, 0.3) is 0 Å². The molecule has 3 nitrogen and oxygen atoms in total. The van der Waals surface area contributed by atoms with Crippen LogP contribution in [0.2, 0.25) is 0 Å². The van der Waals surface area contributed by atoms with E-state index >= 15 is 0 Å². The summed E-state index contributed by atoms with van der Waals surface area (Å²) in [5, 5.41) is 9.23. The van der Waals surface area contributed by atoms with Gasteiger partial charge in [0.1, 0.15) is 22.6 Å². The first-order valence-corrected chi connectivity index (χ1v) is 6.68. The Kier molecular flexibility index (Phi) is 4.82. The Morgan fingerprint density at radius 3 is 2.37 bits per heavy atom. The first-order valence-electron chi connectivity index (χ1n) is 5.88. The molecule has 0 aliphatic heterocycles. The summed E-state index contributed by atoms with van der Waals surface area (Å²) in [5.74, 6) is 1.31. The van der Waals surface area contributed by atoms with Gasteiger partial charge in [-0.2, -0.15) is 0 Å². The number of halogens is 1. The third-order valence-corrected chi connectivity index (χ3v) is 3.49. The summed E-state index contributed by atoms with van der Waals surface area (Å²) in [7, 11) is 1.59. The summed E-state index contributed by atoms with van der Waals surface area (Å²) in [4.78, 5) is 0. The average molecular weight is 323 g/mol. The predicted molar refractivity (Wildman–Crippen MR) is 77.4 cm³/mol. The van der Waals surface area contributed by atoms with E-state index < -0.39 is 0 Å².